The van der Waals surface area contributed by atoms with E-state index in [2.05, 4.69) is 5.32 Å². The molecule has 6 nitrogen and oxygen atoms in total. The largest absolute Gasteiger partial charge is 0.350 e. The van der Waals surface area contributed by atoms with Crippen LogP contribution in [0.15, 0.2) is 30.3 Å². The van der Waals surface area contributed by atoms with E-state index >= 15 is 0 Å². The molecule has 1 N–H and O–H groups in total. The zero-order valence-corrected chi connectivity index (χ0v) is 11.9. The second-order valence-electron chi connectivity index (χ2n) is 4.77. The molecule has 2 amide bonds. The molecule has 1 fully saturated rings. The van der Waals surface area contributed by atoms with Crippen molar-refractivity contribution in [2.75, 3.05) is 12.8 Å². The quantitative estimate of drug-likeness (QED) is 0.770. The highest BCUT2D eigenvalue weighted by Gasteiger charge is 2.43. The summed E-state index contributed by atoms with van der Waals surface area (Å²) in [6.45, 7) is 0.134. The van der Waals surface area contributed by atoms with Crippen LogP contribution in [0.5, 0.6) is 0 Å². The van der Waals surface area contributed by atoms with Crippen LogP contribution < -0.4 is 5.32 Å². The Kier molecular flexibility index (Phi) is 4.08. The molecule has 1 heterocycles. The van der Waals surface area contributed by atoms with Gasteiger partial charge in [-0.3, -0.25) is 9.59 Å². The molecule has 0 bridgehead atoms. The molecule has 1 aromatic rings. The summed E-state index contributed by atoms with van der Waals surface area (Å²) in [4.78, 5) is 24.2. The molecular weight excluding hydrogens is 280 g/mol. The van der Waals surface area contributed by atoms with Gasteiger partial charge in [0, 0.05) is 12.8 Å². The minimum absolute atomic E-state index is 0.0369. The van der Waals surface area contributed by atoms with Crippen LogP contribution in [0.3, 0.4) is 0 Å². The smallest absolute Gasteiger partial charge is 0.239 e. The molecule has 0 aliphatic carbocycles. The fourth-order valence-electron chi connectivity index (χ4n) is 2.00. The lowest BCUT2D eigenvalue weighted by Gasteiger charge is -2.38. The first-order valence-electron chi connectivity index (χ1n) is 6.17. The Balaban J connectivity index is 1.87. The standard InChI is InChI=1S/C13H16N2O4S/c1-20(18,19)13-7-12(17)15(13)9-11(16)14-8-10-5-3-2-4-6-10/h2-6,13H,7-9H2,1H3,(H,14,16). The SMILES string of the molecule is CS(=O)(=O)C1CC(=O)N1CC(=O)NCc1ccccc1. The highest BCUT2D eigenvalue weighted by Crippen LogP contribution is 2.23. The maximum atomic E-state index is 11.7. The van der Waals surface area contributed by atoms with Crippen LogP contribution in [0.25, 0.3) is 0 Å². The lowest BCUT2D eigenvalue weighted by molar-refractivity contribution is -0.145. The third kappa shape index (κ3) is 3.36. The predicted molar refractivity (Wildman–Crippen MR) is 73.3 cm³/mol. The van der Waals surface area contributed by atoms with Crippen LogP contribution in [-0.4, -0.2) is 43.3 Å². The molecule has 2 rings (SSSR count). The molecule has 1 aliphatic rings. The van der Waals surface area contributed by atoms with Crippen LogP contribution in [0.1, 0.15) is 12.0 Å². The van der Waals surface area contributed by atoms with Crippen molar-refractivity contribution in [3.8, 4) is 0 Å². The maximum Gasteiger partial charge on any atom is 0.239 e. The molecule has 1 aromatic carbocycles. The minimum atomic E-state index is -3.34. The van der Waals surface area contributed by atoms with Crippen molar-refractivity contribution in [2.24, 2.45) is 0 Å². The van der Waals surface area contributed by atoms with Gasteiger partial charge in [0.05, 0.1) is 6.42 Å². The predicted octanol–water partition coefficient (Wildman–Crippen LogP) is -0.0942. The summed E-state index contributed by atoms with van der Waals surface area (Å²) < 4.78 is 22.8. The number of amides is 2. The number of β-lactam (4-membered cyclic amide) rings is 1. The number of rotatable bonds is 5. The van der Waals surface area contributed by atoms with Crippen LogP contribution in [0.2, 0.25) is 0 Å². The Hall–Kier alpha value is -1.89. The van der Waals surface area contributed by atoms with Crippen LogP contribution in [-0.2, 0) is 26.0 Å². The summed E-state index contributed by atoms with van der Waals surface area (Å²) in [6.07, 6.45) is 1.03. The number of nitrogens with zero attached hydrogens (tertiary/aromatic N) is 1. The molecule has 1 unspecified atom stereocenters. The Morgan fingerprint density at radius 2 is 2.00 bits per heavy atom. The van der Waals surface area contributed by atoms with Gasteiger partial charge in [-0.2, -0.15) is 0 Å². The van der Waals surface area contributed by atoms with E-state index in [-0.39, 0.29) is 24.8 Å². The Morgan fingerprint density at radius 3 is 2.55 bits per heavy atom. The number of sulfone groups is 1. The van der Waals surface area contributed by atoms with Gasteiger partial charge in [0.2, 0.25) is 11.8 Å². The van der Waals surface area contributed by atoms with E-state index in [1.54, 1.807) is 0 Å². The lowest BCUT2D eigenvalue weighted by atomic mass is 10.2. The fourth-order valence-corrected chi connectivity index (χ4v) is 3.10. The van der Waals surface area contributed by atoms with Gasteiger partial charge in [-0.15, -0.1) is 0 Å². The van der Waals surface area contributed by atoms with Gasteiger partial charge in [-0.25, -0.2) is 8.42 Å². The summed E-state index contributed by atoms with van der Waals surface area (Å²) in [5.41, 5.74) is 0.940. The molecule has 7 heteroatoms. The molecule has 1 saturated heterocycles. The van der Waals surface area contributed by atoms with Crippen molar-refractivity contribution in [2.45, 2.75) is 18.3 Å². The van der Waals surface area contributed by atoms with E-state index in [0.717, 1.165) is 16.7 Å². The third-order valence-corrected chi connectivity index (χ3v) is 4.57. The highest BCUT2D eigenvalue weighted by molar-refractivity contribution is 7.91. The average Bonchev–Trinajstić information content (AvgIpc) is 2.40. The van der Waals surface area contributed by atoms with E-state index in [1.807, 2.05) is 30.3 Å². The third-order valence-electron chi connectivity index (χ3n) is 3.16. The van der Waals surface area contributed by atoms with Gasteiger partial charge in [-0.05, 0) is 5.56 Å². The Bertz CT molecular complexity index is 613. The van der Waals surface area contributed by atoms with Gasteiger partial charge < -0.3 is 10.2 Å². The van der Waals surface area contributed by atoms with E-state index in [9.17, 15) is 18.0 Å². The number of carbonyl (C=O) groups is 2. The van der Waals surface area contributed by atoms with Crippen molar-refractivity contribution in [1.29, 1.82) is 0 Å². The van der Waals surface area contributed by atoms with E-state index < -0.39 is 15.2 Å². The van der Waals surface area contributed by atoms with Crippen molar-refractivity contribution in [1.82, 2.24) is 10.2 Å². The number of likely N-dealkylation sites (tertiary alicyclic amines) is 1. The van der Waals surface area contributed by atoms with Gasteiger partial charge in [0.1, 0.15) is 11.9 Å². The molecule has 108 valence electrons. The summed E-state index contributed by atoms with van der Waals surface area (Å²) in [6, 6.07) is 9.34. The molecule has 1 atom stereocenters. The Morgan fingerprint density at radius 1 is 1.35 bits per heavy atom. The van der Waals surface area contributed by atoms with Crippen LogP contribution in [0, 0.1) is 0 Å². The first-order valence-corrected chi connectivity index (χ1v) is 8.12. The van der Waals surface area contributed by atoms with Gasteiger partial charge >= 0.3 is 0 Å². The first kappa shape index (κ1) is 14.5. The molecular formula is C13H16N2O4S. The fraction of sp³-hybridized carbons (Fsp3) is 0.385. The molecule has 1 aliphatic heterocycles. The summed E-state index contributed by atoms with van der Waals surface area (Å²) in [5, 5.41) is 1.80. The van der Waals surface area contributed by atoms with Crippen molar-refractivity contribution >= 4 is 21.7 Å². The number of nitrogens with one attached hydrogen (secondary N) is 1. The molecule has 0 spiro atoms. The summed E-state index contributed by atoms with van der Waals surface area (Å²) in [5.74, 6) is -0.675. The lowest BCUT2D eigenvalue weighted by Crippen LogP contribution is -2.58. The zero-order chi connectivity index (χ0) is 14.8. The number of benzene rings is 1. The monoisotopic (exact) mass is 296 g/mol. The topological polar surface area (TPSA) is 83.6 Å². The molecule has 0 radical (unpaired) electrons. The minimum Gasteiger partial charge on any atom is -0.350 e. The van der Waals surface area contributed by atoms with Crippen LogP contribution >= 0.6 is 0 Å². The number of carbonyl (C=O) groups excluding carboxylic acids is 2. The first-order chi connectivity index (χ1) is 9.38. The second-order valence-corrected chi connectivity index (χ2v) is 6.98. The van der Waals surface area contributed by atoms with Crippen molar-refractivity contribution in [3.05, 3.63) is 35.9 Å². The maximum absolute atomic E-state index is 11.7. The average molecular weight is 296 g/mol. The molecule has 0 saturated carbocycles. The van der Waals surface area contributed by atoms with E-state index in [4.69, 9.17) is 0 Å². The molecule has 0 aromatic heterocycles. The van der Waals surface area contributed by atoms with Crippen molar-refractivity contribution in [3.63, 3.8) is 0 Å². The highest BCUT2D eigenvalue weighted by atomic mass is 32.2. The molecule has 20 heavy (non-hydrogen) atoms. The van der Waals surface area contributed by atoms with Gasteiger partial charge in [0.15, 0.2) is 9.84 Å². The second kappa shape index (κ2) is 5.62. The van der Waals surface area contributed by atoms with E-state index in [0.29, 0.717) is 6.54 Å². The zero-order valence-electron chi connectivity index (χ0n) is 11.1. The van der Waals surface area contributed by atoms with Gasteiger partial charge in [0.25, 0.3) is 0 Å². The van der Waals surface area contributed by atoms with Crippen molar-refractivity contribution < 1.29 is 18.0 Å². The number of hydrogen-bond acceptors (Lipinski definition) is 4. The summed E-state index contributed by atoms with van der Waals surface area (Å²) >= 11 is 0. The van der Waals surface area contributed by atoms with Crippen LogP contribution in [0.4, 0.5) is 0 Å². The van der Waals surface area contributed by atoms with E-state index in [1.165, 1.54) is 0 Å². The normalized spacial score (nSPS) is 18.6. The Labute approximate surface area is 117 Å². The van der Waals surface area contributed by atoms with Gasteiger partial charge in [-0.1, -0.05) is 30.3 Å². The number of hydrogen-bond donors (Lipinski definition) is 1. The summed E-state index contributed by atoms with van der Waals surface area (Å²) in [7, 11) is -3.34.